The van der Waals surface area contributed by atoms with Gasteiger partial charge in [-0.15, -0.1) is 0 Å². The van der Waals surface area contributed by atoms with Crippen LogP contribution in [0, 0.1) is 7.14 Å². The van der Waals surface area contributed by atoms with Gasteiger partial charge in [0, 0.05) is 0 Å². The standard InChI is InChI=1S/C20H17IO8/c22-17(23)11-28-19(26)9-13-1-5-15(6-2-13)21-16-7-3-14(4-8-16)10-20(27)29-12-18(24)25/h1-8H,9-12H2,(H-,22,23,24,25)/p+1. The van der Waals surface area contributed by atoms with Gasteiger partial charge in [0.1, 0.15) is 0 Å². The van der Waals surface area contributed by atoms with E-state index in [9.17, 15) is 19.2 Å². The molecule has 0 amide bonds. The van der Waals surface area contributed by atoms with Crippen molar-refractivity contribution < 1.29 is 60.1 Å². The van der Waals surface area contributed by atoms with Gasteiger partial charge >= 0.3 is 45.1 Å². The summed E-state index contributed by atoms with van der Waals surface area (Å²) in [5.74, 6) is -3.57. The summed E-state index contributed by atoms with van der Waals surface area (Å²) in [5.41, 5.74) is 1.48. The Morgan fingerprint density at radius 3 is 1.31 bits per heavy atom. The third kappa shape index (κ3) is 8.73. The van der Waals surface area contributed by atoms with E-state index in [0.29, 0.717) is 0 Å². The van der Waals surface area contributed by atoms with Crippen molar-refractivity contribution >= 4 is 23.9 Å². The predicted molar refractivity (Wildman–Crippen MR) is 94.9 cm³/mol. The Labute approximate surface area is 176 Å². The molecule has 0 unspecified atom stereocenters. The van der Waals surface area contributed by atoms with Crippen LogP contribution < -0.4 is 21.2 Å². The minimum atomic E-state index is -1.19. The second kappa shape index (κ2) is 11.1. The fourth-order valence-electron chi connectivity index (χ4n) is 2.18. The van der Waals surface area contributed by atoms with E-state index in [4.69, 9.17) is 10.2 Å². The molecule has 8 nitrogen and oxygen atoms in total. The molecule has 0 bridgehead atoms. The summed E-state index contributed by atoms with van der Waals surface area (Å²) in [6.45, 7) is -1.29. The maximum atomic E-state index is 11.5. The van der Waals surface area contributed by atoms with E-state index in [0.717, 1.165) is 18.3 Å². The number of carboxylic acid groups (broad SMARTS) is 2. The van der Waals surface area contributed by atoms with E-state index in [1.165, 1.54) is 0 Å². The number of benzene rings is 2. The van der Waals surface area contributed by atoms with E-state index in [-0.39, 0.29) is 12.8 Å². The molecule has 2 aromatic carbocycles. The summed E-state index contributed by atoms with van der Waals surface area (Å²) in [4.78, 5) is 43.8. The fraction of sp³-hybridized carbons (Fsp3) is 0.200. The molecule has 0 heterocycles. The molecule has 0 aliphatic carbocycles. The normalized spacial score (nSPS) is 10.2. The van der Waals surface area contributed by atoms with E-state index in [1.807, 2.05) is 48.5 Å². The number of carbonyl (C=O) groups excluding carboxylic acids is 2. The van der Waals surface area contributed by atoms with Crippen LogP contribution >= 0.6 is 0 Å². The third-order valence-electron chi connectivity index (χ3n) is 3.45. The molecular formula is C20H18IO8+. The molecule has 2 N–H and O–H groups in total. The second-order valence-corrected chi connectivity index (χ2v) is 8.84. The van der Waals surface area contributed by atoms with Gasteiger partial charge in [-0.25, -0.2) is 9.59 Å². The highest BCUT2D eigenvalue weighted by Crippen LogP contribution is 2.03. The van der Waals surface area contributed by atoms with Crippen molar-refractivity contribution in [3.05, 3.63) is 66.8 Å². The van der Waals surface area contributed by atoms with Gasteiger partial charge in [0.05, 0.1) is 12.8 Å². The Morgan fingerprint density at radius 2 is 1.00 bits per heavy atom. The fourth-order valence-corrected chi connectivity index (χ4v) is 4.33. The van der Waals surface area contributed by atoms with Crippen LogP contribution in [-0.4, -0.2) is 47.3 Å². The molecule has 29 heavy (non-hydrogen) atoms. The molecule has 0 aliphatic heterocycles. The van der Waals surface area contributed by atoms with Gasteiger partial charge in [-0.05, 0) is 35.4 Å². The Morgan fingerprint density at radius 1 is 0.655 bits per heavy atom. The average Bonchev–Trinajstić information content (AvgIpc) is 2.68. The molecular weight excluding hydrogens is 495 g/mol. The molecule has 152 valence electrons. The number of esters is 2. The highest BCUT2D eigenvalue weighted by molar-refractivity contribution is 5.77. The van der Waals surface area contributed by atoms with Crippen molar-refractivity contribution in [3.8, 4) is 0 Å². The van der Waals surface area contributed by atoms with Crippen molar-refractivity contribution in [3.63, 3.8) is 0 Å². The minimum absolute atomic E-state index is 0.0125. The van der Waals surface area contributed by atoms with E-state index in [2.05, 4.69) is 9.47 Å². The summed E-state index contributed by atoms with van der Waals surface area (Å²) in [7, 11) is 0. The van der Waals surface area contributed by atoms with Gasteiger partial charge in [0.15, 0.2) is 20.4 Å². The quantitative estimate of drug-likeness (QED) is 0.280. The summed E-state index contributed by atoms with van der Waals surface area (Å²) in [6, 6.07) is 14.9. The molecule has 0 radical (unpaired) electrons. The number of aliphatic carboxylic acids is 2. The molecule has 0 aliphatic rings. The highest BCUT2D eigenvalue weighted by Gasteiger charge is 2.17. The Balaban J connectivity index is 1.85. The lowest BCUT2D eigenvalue weighted by Gasteiger charge is -2.02. The Bertz CT molecular complexity index is 801. The van der Waals surface area contributed by atoms with Gasteiger partial charge in [0.2, 0.25) is 0 Å². The van der Waals surface area contributed by atoms with Gasteiger partial charge in [0.25, 0.3) is 0 Å². The lowest BCUT2D eigenvalue weighted by atomic mass is 10.2. The summed E-state index contributed by atoms with van der Waals surface area (Å²) < 4.78 is 11.5. The number of hydrogen-bond donors (Lipinski definition) is 2. The van der Waals surface area contributed by atoms with Gasteiger partial charge in [-0.2, -0.15) is 0 Å². The molecule has 0 atom stereocenters. The first-order chi connectivity index (χ1) is 13.8. The maximum Gasteiger partial charge on any atom is 0.357 e. The van der Waals surface area contributed by atoms with Crippen LogP contribution in [0.1, 0.15) is 11.1 Å². The maximum absolute atomic E-state index is 11.5. The van der Waals surface area contributed by atoms with Crippen LogP contribution in [0.25, 0.3) is 0 Å². The van der Waals surface area contributed by atoms with Crippen molar-refractivity contribution in [1.29, 1.82) is 0 Å². The molecule has 0 spiro atoms. The summed E-state index contributed by atoms with van der Waals surface area (Å²) >= 11 is -0.459. The summed E-state index contributed by atoms with van der Waals surface area (Å²) in [5, 5.41) is 17.0. The van der Waals surface area contributed by atoms with Crippen molar-refractivity contribution in [2.24, 2.45) is 0 Å². The first-order valence-electron chi connectivity index (χ1n) is 8.39. The molecule has 0 fully saturated rings. The first kappa shape index (κ1) is 22.3. The van der Waals surface area contributed by atoms with Gasteiger partial charge < -0.3 is 19.7 Å². The minimum Gasteiger partial charge on any atom is -0.479 e. The molecule has 0 aromatic heterocycles. The summed E-state index contributed by atoms with van der Waals surface area (Å²) in [6.07, 6.45) is 0.0249. The monoisotopic (exact) mass is 513 g/mol. The zero-order valence-electron chi connectivity index (χ0n) is 15.2. The van der Waals surface area contributed by atoms with Crippen LogP contribution in [0.5, 0.6) is 0 Å². The molecule has 9 heteroatoms. The van der Waals surface area contributed by atoms with E-state index < -0.39 is 58.3 Å². The van der Waals surface area contributed by atoms with E-state index >= 15 is 0 Å². The largest absolute Gasteiger partial charge is 0.479 e. The second-order valence-electron chi connectivity index (χ2n) is 5.81. The zero-order valence-corrected chi connectivity index (χ0v) is 17.3. The Kier molecular flexibility index (Phi) is 8.59. The van der Waals surface area contributed by atoms with Crippen molar-refractivity contribution in [2.45, 2.75) is 12.8 Å². The van der Waals surface area contributed by atoms with Crippen LogP contribution in [0.3, 0.4) is 0 Å². The number of rotatable bonds is 10. The number of carbonyl (C=O) groups is 4. The number of hydrogen-bond acceptors (Lipinski definition) is 6. The zero-order chi connectivity index (χ0) is 21.2. The van der Waals surface area contributed by atoms with Crippen LogP contribution in [0.4, 0.5) is 0 Å². The highest BCUT2D eigenvalue weighted by atomic mass is 127. The van der Waals surface area contributed by atoms with E-state index in [1.54, 1.807) is 0 Å². The average molecular weight is 513 g/mol. The van der Waals surface area contributed by atoms with Gasteiger partial charge in [-0.3, -0.25) is 9.59 Å². The predicted octanol–water partition coefficient (Wildman–Crippen LogP) is -1.84. The smallest absolute Gasteiger partial charge is 0.357 e. The SMILES string of the molecule is O=C(O)COC(=O)Cc1ccc([I+]c2ccc(CC(=O)OCC(=O)O)cc2)cc1. The number of ether oxygens (including phenoxy) is 2. The molecule has 0 saturated carbocycles. The molecule has 0 saturated heterocycles. The van der Waals surface area contributed by atoms with Crippen LogP contribution in [0.15, 0.2) is 48.5 Å². The number of halogens is 1. The first-order valence-corrected chi connectivity index (χ1v) is 10.5. The van der Waals surface area contributed by atoms with Crippen molar-refractivity contribution in [1.82, 2.24) is 0 Å². The molecule has 2 aromatic rings. The topological polar surface area (TPSA) is 127 Å². The van der Waals surface area contributed by atoms with Crippen molar-refractivity contribution in [2.75, 3.05) is 13.2 Å². The Hall–Kier alpha value is -2.95. The van der Waals surface area contributed by atoms with Crippen LogP contribution in [-0.2, 0) is 41.5 Å². The van der Waals surface area contributed by atoms with Gasteiger partial charge in [-0.1, -0.05) is 24.3 Å². The third-order valence-corrected chi connectivity index (χ3v) is 6.14. The lowest BCUT2D eigenvalue weighted by molar-refractivity contribution is -0.597. The molecule has 2 rings (SSSR count). The number of carboxylic acids is 2. The van der Waals surface area contributed by atoms with Crippen LogP contribution in [0.2, 0.25) is 0 Å². The lowest BCUT2D eigenvalue weighted by Crippen LogP contribution is -3.61.